The van der Waals surface area contributed by atoms with Gasteiger partial charge in [0.15, 0.2) is 5.82 Å². The molecule has 0 aliphatic carbocycles. The van der Waals surface area contributed by atoms with Gasteiger partial charge < -0.3 is 15.3 Å². The molecule has 7 nitrogen and oxygen atoms in total. The minimum absolute atomic E-state index is 0.0464. The maximum absolute atomic E-state index is 12.6. The lowest BCUT2D eigenvalue weighted by molar-refractivity contribution is 0.0729. The number of aliphatic hydroxyl groups is 1. The fraction of sp³-hybridized carbons (Fsp3) is 0.812. The van der Waals surface area contributed by atoms with Crippen molar-refractivity contribution in [2.45, 2.75) is 64.6 Å². The van der Waals surface area contributed by atoms with Gasteiger partial charge in [0, 0.05) is 32.0 Å². The van der Waals surface area contributed by atoms with E-state index in [0.717, 1.165) is 56.8 Å². The van der Waals surface area contributed by atoms with E-state index in [0.29, 0.717) is 6.54 Å². The van der Waals surface area contributed by atoms with Crippen molar-refractivity contribution in [3.63, 3.8) is 0 Å². The van der Waals surface area contributed by atoms with E-state index in [2.05, 4.69) is 15.4 Å². The Morgan fingerprint density at radius 2 is 2.17 bits per heavy atom. The number of hydrogen-bond acceptors (Lipinski definition) is 4. The number of aliphatic hydroxyl groups excluding tert-OH is 1. The highest BCUT2D eigenvalue weighted by Gasteiger charge is 2.30. The molecule has 0 saturated carbocycles. The Morgan fingerprint density at radius 3 is 2.91 bits per heavy atom. The van der Waals surface area contributed by atoms with Crippen molar-refractivity contribution in [1.82, 2.24) is 25.0 Å². The number of aryl methyl sites for hydroxylation is 2. The number of rotatable bonds is 3. The van der Waals surface area contributed by atoms with Gasteiger partial charge in [-0.2, -0.15) is 5.10 Å². The molecule has 2 aliphatic heterocycles. The first-order valence-electron chi connectivity index (χ1n) is 8.75. The fourth-order valence-electron chi connectivity index (χ4n) is 3.51. The molecule has 3 heterocycles. The van der Waals surface area contributed by atoms with Crippen molar-refractivity contribution in [1.29, 1.82) is 0 Å². The summed E-state index contributed by atoms with van der Waals surface area (Å²) in [5.41, 5.74) is 0. The van der Waals surface area contributed by atoms with Gasteiger partial charge in [0.1, 0.15) is 5.82 Å². The molecule has 7 heteroatoms. The monoisotopic (exact) mass is 321 g/mol. The Bertz CT molecular complexity index is 557. The van der Waals surface area contributed by atoms with Crippen molar-refractivity contribution in [3.05, 3.63) is 11.6 Å². The second-order valence-corrected chi connectivity index (χ2v) is 6.70. The van der Waals surface area contributed by atoms with E-state index in [1.54, 1.807) is 0 Å². The summed E-state index contributed by atoms with van der Waals surface area (Å²) in [4.78, 5) is 19.0. The number of piperidine rings is 1. The molecule has 0 bridgehead atoms. The Kier molecular flexibility index (Phi) is 4.84. The molecule has 1 aromatic heterocycles. The number of nitrogens with one attached hydrogen (secondary N) is 1. The topological polar surface area (TPSA) is 83.3 Å². The summed E-state index contributed by atoms with van der Waals surface area (Å²) in [5, 5.41) is 17.4. The van der Waals surface area contributed by atoms with E-state index in [1.807, 2.05) is 23.4 Å². The first-order valence-corrected chi connectivity index (χ1v) is 8.75. The fourth-order valence-corrected chi connectivity index (χ4v) is 3.51. The maximum Gasteiger partial charge on any atom is 0.317 e. The van der Waals surface area contributed by atoms with Crippen LogP contribution in [0.5, 0.6) is 0 Å². The van der Waals surface area contributed by atoms with Crippen LogP contribution in [0.1, 0.15) is 57.2 Å². The standard InChI is InChI=1S/C16H27N5O2/c1-3-14-18-15-13(7-5-9-21(15)19-14)17-16(23)20-8-4-6-12(10-20)11(2)22/h11-13,22H,3-10H2,1-2H3,(H,17,23). The molecule has 1 fully saturated rings. The number of hydrogen-bond donors (Lipinski definition) is 2. The van der Waals surface area contributed by atoms with Gasteiger partial charge in [-0.3, -0.25) is 0 Å². The average Bonchev–Trinajstić information content (AvgIpc) is 2.99. The number of carbonyl (C=O) groups excluding carboxylic acids is 1. The van der Waals surface area contributed by atoms with Gasteiger partial charge in [0.05, 0.1) is 12.1 Å². The number of urea groups is 1. The molecule has 0 radical (unpaired) electrons. The second kappa shape index (κ2) is 6.86. The second-order valence-electron chi connectivity index (χ2n) is 6.70. The Hall–Kier alpha value is -1.63. The van der Waals surface area contributed by atoms with Crippen molar-refractivity contribution in [2.75, 3.05) is 13.1 Å². The number of fused-ring (bicyclic) bond motifs is 1. The first-order chi connectivity index (χ1) is 11.1. The SMILES string of the molecule is CCc1nc2n(n1)CCCC2NC(=O)N1CCCC(C(C)O)C1. The lowest BCUT2D eigenvalue weighted by Gasteiger charge is -2.35. The lowest BCUT2D eigenvalue weighted by Crippen LogP contribution is -2.48. The van der Waals surface area contributed by atoms with Crippen LogP contribution in [0.25, 0.3) is 0 Å². The maximum atomic E-state index is 12.6. The lowest BCUT2D eigenvalue weighted by atomic mass is 9.93. The summed E-state index contributed by atoms with van der Waals surface area (Å²) in [6, 6.07) is -0.106. The van der Waals surface area contributed by atoms with Gasteiger partial charge in [-0.15, -0.1) is 0 Å². The van der Waals surface area contributed by atoms with Crippen molar-refractivity contribution in [3.8, 4) is 0 Å². The predicted octanol–water partition coefficient (Wildman–Crippen LogP) is 1.48. The number of aromatic nitrogens is 3. The van der Waals surface area contributed by atoms with Gasteiger partial charge in [0.25, 0.3) is 0 Å². The molecule has 128 valence electrons. The molecule has 3 atom stereocenters. The summed E-state index contributed by atoms with van der Waals surface area (Å²) in [7, 11) is 0. The summed E-state index contributed by atoms with van der Waals surface area (Å²) < 4.78 is 1.93. The van der Waals surface area contributed by atoms with E-state index in [4.69, 9.17) is 0 Å². The van der Waals surface area contributed by atoms with Crippen LogP contribution in [-0.4, -0.2) is 50.0 Å². The molecule has 2 N–H and O–H groups in total. The number of nitrogens with zero attached hydrogens (tertiary/aromatic N) is 4. The van der Waals surface area contributed by atoms with E-state index in [1.165, 1.54) is 0 Å². The van der Waals surface area contributed by atoms with Crippen LogP contribution in [-0.2, 0) is 13.0 Å². The average molecular weight is 321 g/mol. The Labute approximate surface area is 137 Å². The van der Waals surface area contributed by atoms with Gasteiger partial charge in [0.2, 0.25) is 0 Å². The van der Waals surface area contributed by atoms with Gasteiger partial charge in [-0.1, -0.05) is 6.92 Å². The minimum Gasteiger partial charge on any atom is -0.393 e. The molecular weight excluding hydrogens is 294 g/mol. The molecule has 23 heavy (non-hydrogen) atoms. The summed E-state index contributed by atoms with van der Waals surface area (Å²) in [6.07, 6.45) is 4.28. The van der Waals surface area contributed by atoms with Crippen LogP contribution in [0.3, 0.4) is 0 Å². The number of amides is 2. The molecule has 1 aromatic rings. The summed E-state index contributed by atoms with van der Waals surface area (Å²) in [5.74, 6) is 1.90. The zero-order valence-corrected chi connectivity index (χ0v) is 14.0. The van der Waals surface area contributed by atoms with Gasteiger partial charge in [-0.25, -0.2) is 14.5 Å². The van der Waals surface area contributed by atoms with Crippen molar-refractivity contribution >= 4 is 6.03 Å². The largest absolute Gasteiger partial charge is 0.393 e. The molecule has 2 amide bonds. The van der Waals surface area contributed by atoms with Gasteiger partial charge >= 0.3 is 6.03 Å². The molecule has 1 saturated heterocycles. The molecular formula is C16H27N5O2. The molecule has 0 aromatic carbocycles. The van der Waals surface area contributed by atoms with Crippen LogP contribution in [0.15, 0.2) is 0 Å². The first kappa shape index (κ1) is 16.2. The van der Waals surface area contributed by atoms with Crippen LogP contribution in [0.2, 0.25) is 0 Å². The van der Waals surface area contributed by atoms with Crippen LogP contribution >= 0.6 is 0 Å². The van der Waals surface area contributed by atoms with Crippen LogP contribution in [0.4, 0.5) is 4.79 Å². The molecule has 2 aliphatic rings. The zero-order chi connectivity index (χ0) is 16.4. The third kappa shape index (κ3) is 3.49. The highest BCUT2D eigenvalue weighted by molar-refractivity contribution is 5.74. The van der Waals surface area contributed by atoms with Crippen molar-refractivity contribution in [2.24, 2.45) is 5.92 Å². The van der Waals surface area contributed by atoms with Crippen LogP contribution in [0, 0.1) is 5.92 Å². The van der Waals surface area contributed by atoms with E-state index < -0.39 is 0 Å². The highest BCUT2D eigenvalue weighted by atomic mass is 16.3. The van der Waals surface area contributed by atoms with E-state index >= 15 is 0 Å². The summed E-state index contributed by atoms with van der Waals surface area (Å²) >= 11 is 0. The van der Waals surface area contributed by atoms with Crippen LogP contribution < -0.4 is 5.32 Å². The van der Waals surface area contributed by atoms with Crippen molar-refractivity contribution < 1.29 is 9.90 Å². The Balaban J connectivity index is 1.65. The quantitative estimate of drug-likeness (QED) is 0.883. The molecule has 3 unspecified atom stereocenters. The summed E-state index contributed by atoms with van der Waals surface area (Å²) in [6.45, 7) is 6.11. The van der Waals surface area contributed by atoms with Gasteiger partial charge in [-0.05, 0) is 32.6 Å². The number of carbonyl (C=O) groups is 1. The van der Waals surface area contributed by atoms with E-state index in [9.17, 15) is 9.90 Å². The third-order valence-electron chi connectivity index (χ3n) is 4.96. The molecule has 0 spiro atoms. The normalized spacial score (nSPS) is 25.8. The number of likely N-dealkylation sites (tertiary alicyclic amines) is 1. The smallest absolute Gasteiger partial charge is 0.317 e. The molecule has 3 rings (SSSR count). The van der Waals surface area contributed by atoms with E-state index in [-0.39, 0.29) is 24.1 Å². The predicted molar refractivity (Wildman–Crippen MR) is 85.9 cm³/mol. The Morgan fingerprint density at radius 1 is 1.39 bits per heavy atom. The third-order valence-corrected chi connectivity index (χ3v) is 4.96. The zero-order valence-electron chi connectivity index (χ0n) is 14.0. The highest BCUT2D eigenvalue weighted by Crippen LogP contribution is 2.25. The minimum atomic E-state index is -0.365.